The molecule has 1 N–H and O–H groups in total. The number of rotatable bonds is 3. The van der Waals surface area contributed by atoms with Crippen LogP contribution < -0.4 is 0 Å². The van der Waals surface area contributed by atoms with Gasteiger partial charge in [-0.2, -0.15) is 0 Å². The van der Waals surface area contributed by atoms with Gasteiger partial charge in [0.2, 0.25) is 0 Å². The molecule has 0 bridgehead atoms. The van der Waals surface area contributed by atoms with Crippen LogP contribution in [-0.2, 0) is 9.53 Å². The van der Waals surface area contributed by atoms with Crippen LogP contribution >= 0.6 is 15.9 Å². The summed E-state index contributed by atoms with van der Waals surface area (Å²) in [6, 6.07) is 7.24. The first kappa shape index (κ1) is 11.2. The molecule has 0 saturated heterocycles. The maximum Gasteiger partial charge on any atom is 0.315 e. The van der Waals surface area contributed by atoms with E-state index >= 15 is 0 Å². The maximum absolute atomic E-state index is 11.3. The lowest BCUT2D eigenvalue weighted by Crippen LogP contribution is -2.17. The Morgan fingerprint density at radius 2 is 2.36 bits per heavy atom. The average Bonchev–Trinajstić information content (AvgIpc) is 2.19. The third-order valence-electron chi connectivity index (χ3n) is 1.92. The lowest BCUT2D eigenvalue weighted by atomic mass is 10.0. The lowest BCUT2D eigenvalue weighted by Gasteiger charge is -2.11. The van der Waals surface area contributed by atoms with Crippen molar-refractivity contribution in [1.82, 2.24) is 0 Å². The fourth-order valence-corrected chi connectivity index (χ4v) is 1.60. The van der Waals surface area contributed by atoms with Crippen LogP contribution in [0.2, 0.25) is 0 Å². The van der Waals surface area contributed by atoms with Gasteiger partial charge in [-0.3, -0.25) is 4.79 Å². The monoisotopic (exact) mass is 258 g/mol. The van der Waals surface area contributed by atoms with E-state index in [1.165, 1.54) is 7.11 Å². The quantitative estimate of drug-likeness (QED) is 0.840. The van der Waals surface area contributed by atoms with Crippen LogP contribution in [0.3, 0.4) is 0 Å². The molecule has 0 saturated carbocycles. The minimum absolute atomic E-state index is 0.247. The zero-order valence-corrected chi connectivity index (χ0v) is 9.32. The maximum atomic E-state index is 11.3. The normalized spacial score (nSPS) is 12.2. The van der Waals surface area contributed by atoms with Gasteiger partial charge in [-0.25, -0.2) is 0 Å². The van der Waals surface area contributed by atoms with E-state index in [0.29, 0.717) is 0 Å². The van der Waals surface area contributed by atoms with Gasteiger partial charge in [0.25, 0.3) is 0 Å². The van der Waals surface area contributed by atoms with E-state index in [-0.39, 0.29) is 6.61 Å². The second-order valence-corrected chi connectivity index (χ2v) is 3.73. The molecule has 0 heterocycles. The second-order valence-electron chi connectivity index (χ2n) is 2.81. The van der Waals surface area contributed by atoms with Crippen LogP contribution in [0, 0.1) is 0 Å². The Labute approximate surface area is 90.8 Å². The zero-order chi connectivity index (χ0) is 10.6. The van der Waals surface area contributed by atoms with Crippen LogP contribution in [-0.4, -0.2) is 24.8 Å². The highest BCUT2D eigenvalue weighted by Crippen LogP contribution is 2.20. The minimum Gasteiger partial charge on any atom is -0.468 e. The van der Waals surface area contributed by atoms with Gasteiger partial charge < -0.3 is 9.84 Å². The minimum atomic E-state index is -0.600. The molecule has 3 nitrogen and oxygen atoms in total. The number of aliphatic hydroxyl groups is 1. The van der Waals surface area contributed by atoms with Crippen molar-refractivity contribution >= 4 is 21.9 Å². The second kappa shape index (κ2) is 5.12. The van der Waals surface area contributed by atoms with E-state index in [1.54, 1.807) is 12.1 Å². The van der Waals surface area contributed by atoms with Gasteiger partial charge >= 0.3 is 5.97 Å². The highest BCUT2D eigenvalue weighted by molar-refractivity contribution is 9.10. The van der Waals surface area contributed by atoms with Crippen molar-refractivity contribution in [1.29, 1.82) is 0 Å². The van der Waals surface area contributed by atoms with Crippen molar-refractivity contribution in [2.24, 2.45) is 0 Å². The summed E-state index contributed by atoms with van der Waals surface area (Å²) in [5, 5.41) is 9.06. The van der Waals surface area contributed by atoms with E-state index in [4.69, 9.17) is 5.11 Å². The molecule has 1 aromatic rings. The molecular weight excluding hydrogens is 248 g/mol. The predicted molar refractivity (Wildman–Crippen MR) is 56.0 cm³/mol. The van der Waals surface area contributed by atoms with Gasteiger partial charge in [-0.05, 0) is 17.7 Å². The van der Waals surface area contributed by atoms with Crippen LogP contribution in [0.4, 0.5) is 0 Å². The summed E-state index contributed by atoms with van der Waals surface area (Å²) in [7, 11) is 1.31. The van der Waals surface area contributed by atoms with E-state index in [0.717, 1.165) is 10.0 Å². The Morgan fingerprint density at radius 3 is 2.86 bits per heavy atom. The first-order valence-corrected chi connectivity index (χ1v) is 4.92. The number of carbonyl (C=O) groups is 1. The summed E-state index contributed by atoms with van der Waals surface area (Å²) in [6.07, 6.45) is 0. The molecule has 0 aliphatic carbocycles. The highest BCUT2D eigenvalue weighted by Gasteiger charge is 2.20. The molecule has 14 heavy (non-hydrogen) atoms. The zero-order valence-electron chi connectivity index (χ0n) is 7.74. The van der Waals surface area contributed by atoms with Crippen LogP contribution in [0.15, 0.2) is 28.7 Å². The summed E-state index contributed by atoms with van der Waals surface area (Å²) in [5.41, 5.74) is 0.744. The Kier molecular flexibility index (Phi) is 4.10. The standard InChI is InChI=1S/C10H11BrO3/c1-14-10(13)9(6-12)7-3-2-4-8(11)5-7/h2-5,9,12H,6H2,1H3. The number of ether oxygens (including phenoxy) is 1. The van der Waals surface area contributed by atoms with Gasteiger partial charge in [-0.1, -0.05) is 28.1 Å². The van der Waals surface area contributed by atoms with E-state index < -0.39 is 11.9 Å². The molecule has 1 aromatic carbocycles. The van der Waals surface area contributed by atoms with E-state index in [2.05, 4.69) is 20.7 Å². The van der Waals surface area contributed by atoms with Crippen LogP contribution in [0.25, 0.3) is 0 Å². The van der Waals surface area contributed by atoms with Crippen molar-refractivity contribution in [3.8, 4) is 0 Å². The number of methoxy groups -OCH3 is 1. The van der Waals surface area contributed by atoms with Gasteiger partial charge in [0, 0.05) is 4.47 Å². The third-order valence-corrected chi connectivity index (χ3v) is 2.41. The molecule has 0 aromatic heterocycles. The largest absolute Gasteiger partial charge is 0.468 e. The number of aliphatic hydroxyl groups excluding tert-OH is 1. The molecule has 0 radical (unpaired) electrons. The van der Waals surface area contributed by atoms with Gasteiger partial charge in [-0.15, -0.1) is 0 Å². The summed E-state index contributed by atoms with van der Waals surface area (Å²) in [5.74, 6) is -1.02. The third kappa shape index (κ3) is 2.56. The highest BCUT2D eigenvalue weighted by atomic mass is 79.9. The molecule has 1 atom stereocenters. The van der Waals surface area contributed by atoms with Crippen LogP contribution in [0.1, 0.15) is 11.5 Å². The molecule has 0 aliphatic heterocycles. The van der Waals surface area contributed by atoms with E-state index in [9.17, 15) is 4.79 Å². The Morgan fingerprint density at radius 1 is 1.64 bits per heavy atom. The van der Waals surface area contributed by atoms with Crippen molar-refractivity contribution in [2.45, 2.75) is 5.92 Å². The number of esters is 1. The fraction of sp³-hybridized carbons (Fsp3) is 0.300. The van der Waals surface area contributed by atoms with Crippen molar-refractivity contribution in [2.75, 3.05) is 13.7 Å². The summed E-state index contributed by atoms with van der Waals surface area (Å²) >= 11 is 3.30. The van der Waals surface area contributed by atoms with Gasteiger partial charge in [0.1, 0.15) is 5.92 Å². The number of halogens is 1. The number of benzene rings is 1. The number of hydrogen-bond donors (Lipinski definition) is 1. The molecule has 0 amide bonds. The average molecular weight is 259 g/mol. The molecule has 1 unspecified atom stereocenters. The summed E-state index contributed by atoms with van der Waals surface area (Å²) in [6.45, 7) is -0.247. The molecule has 0 spiro atoms. The first-order valence-electron chi connectivity index (χ1n) is 4.13. The molecule has 0 aliphatic rings. The topological polar surface area (TPSA) is 46.5 Å². The Balaban J connectivity index is 2.94. The predicted octanol–water partition coefficient (Wildman–Crippen LogP) is 1.70. The smallest absolute Gasteiger partial charge is 0.315 e. The number of hydrogen-bond acceptors (Lipinski definition) is 3. The first-order chi connectivity index (χ1) is 6.69. The van der Waals surface area contributed by atoms with Crippen LogP contribution in [0.5, 0.6) is 0 Å². The molecule has 0 fully saturated rings. The fourth-order valence-electron chi connectivity index (χ4n) is 1.18. The van der Waals surface area contributed by atoms with Gasteiger partial charge in [0.15, 0.2) is 0 Å². The Bertz CT molecular complexity index is 325. The van der Waals surface area contributed by atoms with Crippen molar-refractivity contribution < 1.29 is 14.6 Å². The van der Waals surface area contributed by atoms with Gasteiger partial charge in [0.05, 0.1) is 13.7 Å². The van der Waals surface area contributed by atoms with E-state index in [1.807, 2.05) is 12.1 Å². The summed E-state index contributed by atoms with van der Waals surface area (Å²) in [4.78, 5) is 11.3. The Hall–Kier alpha value is -0.870. The lowest BCUT2D eigenvalue weighted by molar-refractivity contribution is -0.143. The summed E-state index contributed by atoms with van der Waals surface area (Å²) < 4.78 is 5.46. The molecule has 1 rings (SSSR count). The SMILES string of the molecule is COC(=O)C(CO)c1cccc(Br)c1. The molecule has 76 valence electrons. The molecule has 4 heteroatoms. The van der Waals surface area contributed by atoms with Crippen molar-refractivity contribution in [3.63, 3.8) is 0 Å². The number of carbonyl (C=O) groups excluding carboxylic acids is 1. The molecular formula is C10H11BrO3. The van der Waals surface area contributed by atoms with Crippen molar-refractivity contribution in [3.05, 3.63) is 34.3 Å².